The number of aromatic amines is 1. The molecule has 10 nitrogen and oxygen atoms in total. The summed E-state index contributed by atoms with van der Waals surface area (Å²) in [6.45, 7) is 7.44. The number of carbonyl (C=O) groups is 3. The number of aromatic nitrogens is 3. The van der Waals surface area contributed by atoms with E-state index in [1.165, 1.54) is 12.3 Å². The maximum atomic E-state index is 12.5. The number of amides is 2. The molecular weight excluding hydrogens is 438 g/mol. The molecule has 0 saturated carbocycles. The van der Waals surface area contributed by atoms with Crippen LogP contribution in [0.2, 0.25) is 0 Å². The largest absolute Gasteiger partial charge is 0.480 e. The van der Waals surface area contributed by atoms with Gasteiger partial charge in [-0.3, -0.25) is 14.7 Å². The topological polar surface area (TPSA) is 150 Å². The van der Waals surface area contributed by atoms with E-state index in [2.05, 4.69) is 25.8 Å². The molecule has 0 bridgehead atoms. The molecule has 2 heterocycles. The Balaban J connectivity index is 1.76. The fourth-order valence-corrected chi connectivity index (χ4v) is 3.40. The van der Waals surface area contributed by atoms with E-state index >= 15 is 0 Å². The van der Waals surface area contributed by atoms with Crippen molar-refractivity contribution in [3.63, 3.8) is 0 Å². The van der Waals surface area contributed by atoms with E-state index in [9.17, 15) is 19.5 Å². The molecule has 1 atom stereocenters. The molecule has 10 heteroatoms. The Kier molecular flexibility index (Phi) is 7.83. The minimum atomic E-state index is -1.11. The van der Waals surface area contributed by atoms with E-state index in [-0.39, 0.29) is 35.2 Å². The Labute approximate surface area is 197 Å². The highest BCUT2D eigenvalue weighted by molar-refractivity contribution is 5.96. The second-order valence-corrected chi connectivity index (χ2v) is 8.30. The summed E-state index contributed by atoms with van der Waals surface area (Å²) in [5.74, 6) is -1.86. The number of benzene rings is 1. The summed E-state index contributed by atoms with van der Waals surface area (Å²) in [5.41, 5.74) is 1.99. The fraction of sp³-hybridized carbons (Fsp3) is 0.375. The number of hydrogen-bond donors (Lipinski definition) is 4. The minimum Gasteiger partial charge on any atom is -0.480 e. The van der Waals surface area contributed by atoms with Gasteiger partial charge in [0.15, 0.2) is 5.69 Å². The maximum Gasteiger partial charge on any atom is 0.326 e. The van der Waals surface area contributed by atoms with Gasteiger partial charge in [0.1, 0.15) is 6.04 Å². The summed E-state index contributed by atoms with van der Waals surface area (Å²) < 4.78 is 5.68. The van der Waals surface area contributed by atoms with Gasteiger partial charge in [0.2, 0.25) is 11.7 Å². The van der Waals surface area contributed by atoms with Gasteiger partial charge in [-0.25, -0.2) is 9.78 Å². The molecule has 3 aromatic rings. The molecule has 0 unspecified atom stereocenters. The van der Waals surface area contributed by atoms with Crippen LogP contribution in [0.5, 0.6) is 0 Å². The standard InChI is InChI=1S/C24H29N5O5/c1-5-16(6-2)26-22(31)19-12-25-23(34-19)15-9-7-8-14(10-15)17-11-18(29-28-17)21(30)27-20(13(3)4)24(32)33/h7-13,16,20H,5-6H2,1-4H3,(H,26,31)(H,27,30)(H,28,29)(H,32,33)/t20-/m0/s1. The second kappa shape index (κ2) is 10.8. The third-order valence-corrected chi connectivity index (χ3v) is 5.50. The Hall–Kier alpha value is -3.95. The lowest BCUT2D eigenvalue weighted by molar-refractivity contribution is -0.140. The zero-order valence-corrected chi connectivity index (χ0v) is 19.6. The van der Waals surface area contributed by atoms with Crippen molar-refractivity contribution in [2.75, 3.05) is 0 Å². The number of hydrogen-bond acceptors (Lipinski definition) is 6. The number of rotatable bonds is 10. The molecule has 0 aliphatic carbocycles. The number of carbonyl (C=O) groups excluding carboxylic acids is 2. The highest BCUT2D eigenvalue weighted by Crippen LogP contribution is 2.26. The molecule has 1 aromatic carbocycles. The third-order valence-electron chi connectivity index (χ3n) is 5.50. The van der Waals surface area contributed by atoms with Gasteiger partial charge in [-0.05, 0) is 37.0 Å². The van der Waals surface area contributed by atoms with Gasteiger partial charge in [-0.2, -0.15) is 5.10 Å². The van der Waals surface area contributed by atoms with E-state index in [4.69, 9.17) is 4.42 Å². The van der Waals surface area contributed by atoms with Crippen LogP contribution in [-0.2, 0) is 4.79 Å². The van der Waals surface area contributed by atoms with E-state index in [1.807, 2.05) is 19.9 Å². The molecular formula is C24H29N5O5. The Morgan fingerprint density at radius 2 is 1.76 bits per heavy atom. The van der Waals surface area contributed by atoms with Gasteiger partial charge in [-0.1, -0.05) is 39.8 Å². The first kappa shape index (κ1) is 24.7. The minimum absolute atomic E-state index is 0.0717. The number of nitrogens with zero attached hydrogens (tertiary/aromatic N) is 2. The van der Waals surface area contributed by atoms with Crippen molar-refractivity contribution in [1.82, 2.24) is 25.8 Å². The van der Waals surface area contributed by atoms with Crippen LogP contribution in [0.25, 0.3) is 22.7 Å². The van der Waals surface area contributed by atoms with Gasteiger partial charge in [0.25, 0.3) is 11.8 Å². The molecule has 2 aromatic heterocycles. The number of oxazole rings is 1. The molecule has 0 aliphatic rings. The van der Waals surface area contributed by atoms with Crippen LogP contribution in [0.4, 0.5) is 0 Å². The van der Waals surface area contributed by atoms with Crippen LogP contribution in [0.15, 0.2) is 40.9 Å². The van der Waals surface area contributed by atoms with Crippen LogP contribution < -0.4 is 10.6 Å². The van der Waals surface area contributed by atoms with E-state index in [1.54, 1.807) is 32.0 Å². The van der Waals surface area contributed by atoms with Crippen molar-refractivity contribution in [2.24, 2.45) is 5.92 Å². The zero-order chi connectivity index (χ0) is 24.8. The molecule has 34 heavy (non-hydrogen) atoms. The molecule has 2 amide bonds. The van der Waals surface area contributed by atoms with E-state index in [0.717, 1.165) is 12.8 Å². The monoisotopic (exact) mass is 467 g/mol. The molecule has 0 saturated heterocycles. The highest BCUT2D eigenvalue weighted by Gasteiger charge is 2.25. The van der Waals surface area contributed by atoms with Gasteiger partial charge in [0, 0.05) is 17.2 Å². The van der Waals surface area contributed by atoms with Gasteiger partial charge >= 0.3 is 5.97 Å². The Morgan fingerprint density at radius 1 is 1.06 bits per heavy atom. The predicted octanol–water partition coefficient (Wildman–Crippen LogP) is 3.49. The normalized spacial score (nSPS) is 12.1. The number of carboxylic acids is 1. The van der Waals surface area contributed by atoms with Gasteiger partial charge < -0.3 is 20.2 Å². The summed E-state index contributed by atoms with van der Waals surface area (Å²) in [4.78, 5) is 40.4. The first-order valence-electron chi connectivity index (χ1n) is 11.2. The summed E-state index contributed by atoms with van der Waals surface area (Å²) in [5, 5.41) is 21.5. The smallest absolute Gasteiger partial charge is 0.326 e. The summed E-state index contributed by atoms with van der Waals surface area (Å²) in [7, 11) is 0. The first-order chi connectivity index (χ1) is 16.2. The van der Waals surface area contributed by atoms with Gasteiger partial charge in [-0.15, -0.1) is 0 Å². The van der Waals surface area contributed by atoms with Crippen molar-refractivity contribution in [2.45, 2.75) is 52.6 Å². The summed E-state index contributed by atoms with van der Waals surface area (Å²) in [6.07, 6.45) is 3.04. The number of nitrogens with one attached hydrogen (secondary N) is 3. The Morgan fingerprint density at radius 3 is 2.41 bits per heavy atom. The predicted molar refractivity (Wildman–Crippen MR) is 125 cm³/mol. The molecule has 4 N–H and O–H groups in total. The van der Waals surface area contributed by atoms with Crippen LogP contribution in [0.3, 0.4) is 0 Å². The molecule has 0 radical (unpaired) electrons. The average molecular weight is 468 g/mol. The molecule has 0 aliphatic heterocycles. The average Bonchev–Trinajstić information content (AvgIpc) is 3.51. The summed E-state index contributed by atoms with van der Waals surface area (Å²) >= 11 is 0. The summed E-state index contributed by atoms with van der Waals surface area (Å²) in [6, 6.07) is 7.78. The van der Waals surface area contributed by atoms with Crippen molar-refractivity contribution in [3.8, 4) is 22.7 Å². The van der Waals surface area contributed by atoms with Crippen molar-refractivity contribution >= 4 is 17.8 Å². The van der Waals surface area contributed by atoms with Crippen LogP contribution >= 0.6 is 0 Å². The van der Waals surface area contributed by atoms with Crippen LogP contribution in [0.1, 0.15) is 61.6 Å². The lowest BCUT2D eigenvalue weighted by Gasteiger charge is -2.16. The van der Waals surface area contributed by atoms with E-state index < -0.39 is 17.9 Å². The third kappa shape index (κ3) is 5.69. The second-order valence-electron chi connectivity index (χ2n) is 8.30. The number of H-pyrrole nitrogens is 1. The lowest BCUT2D eigenvalue weighted by atomic mass is 10.0. The molecule has 3 rings (SSSR count). The number of aliphatic carboxylic acids is 1. The molecule has 0 fully saturated rings. The SMILES string of the molecule is CCC(CC)NC(=O)c1cnc(-c2cccc(-c3cc(C(=O)N[C@H](C(=O)O)C(C)C)n[nH]3)c2)o1. The fourth-order valence-electron chi connectivity index (χ4n) is 3.40. The van der Waals surface area contributed by atoms with Crippen molar-refractivity contribution in [3.05, 3.63) is 48.0 Å². The van der Waals surface area contributed by atoms with E-state index in [0.29, 0.717) is 16.8 Å². The van der Waals surface area contributed by atoms with Crippen LogP contribution in [-0.4, -0.2) is 50.2 Å². The number of carboxylic acid groups (broad SMARTS) is 1. The highest BCUT2D eigenvalue weighted by atomic mass is 16.4. The van der Waals surface area contributed by atoms with Crippen molar-refractivity contribution in [1.29, 1.82) is 0 Å². The lowest BCUT2D eigenvalue weighted by Crippen LogP contribution is -2.44. The van der Waals surface area contributed by atoms with Gasteiger partial charge in [0.05, 0.1) is 11.9 Å². The quantitative estimate of drug-likeness (QED) is 0.356. The first-order valence-corrected chi connectivity index (χ1v) is 11.2. The van der Waals surface area contributed by atoms with Crippen LogP contribution in [0, 0.1) is 5.92 Å². The molecule has 180 valence electrons. The Bertz CT molecular complexity index is 1160. The maximum absolute atomic E-state index is 12.5. The van der Waals surface area contributed by atoms with Crippen molar-refractivity contribution < 1.29 is 23.9 Å². The zero-order valence-electron chi connectivity index (χ0n) is 19.6. The molecule has 0 spiro atoms.